The number of benzene rings is 1. The van der Waals surface area contributed by atoms with E-state index in [0.717, 1.165) is 17.4 Å². The van der Waals surface area contributed by atoms with Gasteiger partial charge >= 0.3 is 8.80 Å². The minimum Gasteiger partial charge on any atom is -0.370 e. The van der Waals surface area contributed by atoms with Crippen molar-refractivity contribution in [3.05, 3.63) is 29.8 Å². The average Bonchev–Trinajstić information content (AvgIpc) is 2.55. The number of aryl methyl sites for hydroxylation is 1. The molecule has 5 heteroatoms. The molecular formula is C17H32O3SSi. The highest BCUT2D eigenvalue weighted by atomic mass is 32.1. The lowest BCUT2D eigenvalue weighted by molar-refractivity contribution is 0.0859. The second-order valence-electron chi connectivity index (χ2n) is 4.63. The van der Waals surface area contributed by atoms with Crippen LogP contribution < -0.4 is 5.19 Å². The van der Waals surface area contributed by atoms with Gasteiger partial charge in [-0.3, -0.25) is 0 Å². The Balaban J connectivity index is 0.000000980. The molecule has 22 heavy (non-hydrogen) atoms. The van der Waals surface area contributed by atoms with Crippen molar-refractivity contribution in [3.8, 4) is 0 Å². The molecule has 0 radical (unpaired) electrons. The van der Waals surface area contributed by atoms with E-state index in [4.69, 9.17) is 13.3 Å². The number of hydrogen-bond donors (Lipinski definition) is 1. The summed E-state index contributed by atoms with van der Waals surface area (Å²) in [6.07, 6.45) is 2.19. The second kappa shape index (κ2) is 13.1. The maximum Gasteiger partial charge on any atom is 0.537 e. The van der Waals surface area contributed by atoms with Crippen molar-refractivity contribution < 1.29 is 13.3 Å². The van der Waals surface area contributed by atoms with E-state index in [1.165, 1.54) is 12.0 Å². The Kier molecular flexibility index (Phi) is 12.9. The molecule has 1 aromatic carbocycles. The highest BCUT2D eigenvalue weighted by Gasteiger charge is 2.43. The Morgan fingerprint density at radius 1 is 0.909 bits per heavy atom. The predicted octanol–water partition coefficient (Wildman–Crippen LogP) is 3.83. The lowest BCUT2D eigenvalue weighted by atomic mass is 10.2. The zero-order valence-electron chi connectivity index (χ0n) is 14.7. The summed E-state index contributed by atoms with van der Waals surface area (Å²) in [6.45, 7) is 12.0. The molecule has 1 aromatic rings. The van der Waals surface area contributed by atoms with Gasteiger partial charge < -0.3 is 13.3 Å². The molecule has 0 aromatic heterocycles. The average molecular weight is 345 g/mol. The van der Waals surface area contributed by atoms with Gasteiger partial charge in [0, 0.05) is 25.0 Å². The number of rotatable bonds is 9. The molecule has 0 spiro atoms. The second-order valence-corrected chi connectivity index (χ2v) is 7.64. The molecule has 0 saturated carbocycles. The summed E-state index contributed by atoms with van der Waals surface area (Å²) in [4.78, 5) is 0. The summed E-state index contributed by atoms with van der Waals surface area (Å²) < 4.78 is 17.7. The van der Waals surface area contributed by atoms with Crippen molar-refractivity contribution in [2.75, 3.05) is 25.6 Å². The minimum absolute atomic E-state index is 0.600. The fourth-order valence-electron chi connectivity index (χ4n) is 1.93. The molecule has 0 N–H and O–H groups in total. The first-order chi connectivity index (χ1) is 10.6. The van der Waals surface area contributed by atoms with Gasteiger partial charge in [-0.05, 0) is 44.9 Å². The van der Waals surface area contributed by atoms with Crippen LogP contribution in [0.25, 0.3) is 0 Å². The summed E-state index contributed by atoms with van der Waals surface area (Å²) in [5.41, 5.74) is 1.28. The van der Waals surface area contributed by atoms with Gasteiger partial charge in [0.15, 0.2) is 0 Å². The summed E-state index contributed by atoms with van der Waals surface area (Å²) in [6, 6.07) is 8.36. The molecule has 0 fully saturated rings. The van der Waals surface area contributed by atoms with Gasteiger partial charge in [-0.15, -0.1) is 0 Å². The third-order valence-electron chi connectivity index (χ3n) is 2.92. The maximum absolute atomic E-state index is 5.89. The molecule has 0 aliphatic carbocycles. The van der Waals surface area contributed by atoms with Gasteiger partial charge in [0.05, 0.1) is 0 Å². The van der Waals surface area contributed by atoms with Crippen molar-refractivity contribution in [3.63, 3.8) is 0 Å². The Morgan fingerprint density at radius 3 is 1.77 bits per heavy atom. The Labute approximate surface area is 143 Å². The van der Waals surface area contributed by atoms with Crippen LogP contribution in [0.3, 0.4) is 0 Å². The van der Waals surface area contributed by atoms with E-state index < -0.39 is 8.80 Å². The fourth-order valence-corrected chi connectivity index (χ4v) is 4.48. The van der Waals surface area contributed by atoms with Crippen molar-refractivity contribution in [2.24, 2.45) is 0 Å². The third kappa shape index (κ3) is 7.29. The van der Waals surface area contributed by atoms with E-state index in [1.54, 1.807) is 0 Å². The van der Waals surface area contributed by atoms with Crippen molar-refractivity contribution in [2.45, 2.75) is 47.5 Å². The molecule has 3 nitrogen and oxygen atoms in total. The number of thiol groups is 1. The van der Waals surface area contributed by atoms with Gasteiger partial charge in [-0.25, -0.2) is 0 Å². The van der Waals surface area contributed by atoms with Crippen LogP contribution in [0.4, 0.5) is 0 Å². The van der Waals surface area contributed by atoms with Crippen molar-refractivity contribution in [1.29, 1.82) is 0 Å². The van der Waals surface area contributed by atoms with Gasteiger partial charge in [0.2, 0.25) is 0 Å². The van der Waals surface area contributed by atoms with Crippen LogP contribution in [-0.4, -0.2) is 34.4 Å². The first-order valence-electron chi connectivity index (χ1n) is 8.26. The summed E-state index contributed by atoms with van der Waals surface area (Å²) in [7, 11) is -2.72. The van der Waals surface area contributed by atoms with Gasteiger partial charge in [0.1, 0.15) is 0 Å². The van der Waals surface area contributed by atoms with E-state index in [2.05, 4.69) is 38.6 Å². The Hall–Kier alpha value is -0.333. The fraction of sp³-hybridized carbons (Fsp3) is 0.647. The lowest BCUT2D eigenvalue weighted by Crippen LogP contribution is -2.57. The van der Waals surface area contributed by atoms with Crippen LogP contribution in [0.2, 0.25) is 0 Å². The Morgan fingerprint density at radius 2 is 1.41 bits per heavy atom. The Bertz CT molecular complexity index is 369. The van der Waals surface area contributed by atoms with Crippen LogP contribution >= 0.6 is 12.6 Å². The van der Waals surface area contributed by atoms with Crippen LogP contribution in [0, 0.1) is 0 Å². The van der Waals surface area contributed by atoms with E-state index >= 15 is 0 Å². The molecule has 0 heterocycles. The van der Waals surface area contributed by atoms with E-state index in [-0.39, 0.29) is 0 Å². The van der Waals surface area contributed by atoms with E-state index in [1.807, 2.05) is 32.9 Å². The van der Waals surface area contributed by atoms with Crippen LogP contribution in [-0.2, 0) is 19.7 Å². The minimum atomic E-state index is -2.72. The normalized spacial score (nSPS) is 11.0. The molecule has 0 unspecified atom stereocenters. The topological polar surface area (TPSA) is 27.7 Å². The van der Waals surface area contributed by atoms with Crippen LogP contribution in [0.15, 0.2) is 24.3 Å². The highest BCUT2D eigenvalue weighted by molar-refractivity contribution is 7.80. The maximum atomic E-state index is 5.89. The molecule has 0 atom stereocenters. The summed E-state index contributed by atoms with van der Waals surface area (Å²) in [5.74, 6) is 1.01. The van der Waals surface area contributed by atoms with Crippen molar-refractivity contribution in [1.82, 2.24) is 0 Å². The molecule has 0 aliphatic heterocycles. The molecule has 0 saturated heterocycles. The monoisotopic (exact) mass is 344 g/mol. The van der Waals surface area contributed by atoms with Crippen LogP contribution in [0.5, 0.6) is 0 Å². The van der Waals surface area contributed by atoms with E-state index in [0.29, 0.717) is 19.8 Å². The van der Waals surface area contributed by atoms with Gasteiger partial charge in [-0.1, -0.05) is 38.1 Å². The molecule has 128 valence electrons. The predicted molar refractivity (Wildman–Crippen MR) is 100 cm³/mol. The molecule has 0 bridgehead atoms. The number of hydrogen-bond acceptors (Lipinski definition) is 4. The molecule has 1 rings (SSSR count). The molecule has 0 amide bonds. The zero-order valence-corrected chi connectivity index (χ0v) is 16.6. The third-order valence-corrected chi connectivity index (χ3v) is 6.39. The standard InChI is InChI=1S/C14H24O3Si.C3H8S/c1-5-13-10-9-11-14(12-13)18(15-6-2,16-7-3)17-8-4;1-2-3-4/h9-12H,5-8H2,1-4H3;4H,2-3H2,1H3. The van der Waals surface area contributed by atoms with Crippen molar-refractivity contribution >= 4 is 26.6 Å². The van der Waals surface area contributed by atoms with Gasteiger partial charge in [-0.2, -0.15) is 12.6 Å². The SMILES string of the molecule is CCCS.CCO[Si](OCC)(OCC)c1cccc(CC)c1. The van der Waals surface area contributed by atoms with E-state index in [9.17, 15) is 0 Å². The highest BCUT2D eigenvalue weighted by Crippen LogP contribution is 2.12. The quantitative estimate of drug-likeness (QED) is 0.545. The van der Waals surface area contributed by atoms with Gasteiger partial charge in [0.25, 0.3) is 0 Å². The first-order valence-corrected chi connectivity index (χ1v) is 10.6. The zero-order chi connectivity index (χ0) is 16.8. The van der Waals surface area contributed by atoms with Crippen LogP contribution in [0.1, 0.15) is 46.6 Å². The summed E-state index contributed by atoms with van der Waals surface area (Å²) >= 11 is 3.92. The first kappa shape index (κ1) is 21.7. The largest absolute Gasteiger partial charge is 0.537 e. The molecule has 0 aliphatic rings. The summed E-state index contributed by atoms with van der Waals surface area (Å²) in [5, 5.41) is 1.06. The smallest absolute Gasteiger partial charge is 0.370 e. The lowest BCUT2D eigenvalue weighted by Gasteiger charge is -2.28. The molecular weight excluding hydrogens is 312 g/mol.